The van der Waals surface area contributed by atoms with Gasteiger partial charge in [-0.3, -0.25) is 14.1 Å². The number of likely N-dealkylation sites (tertiary alicyclic amines) is 1. The molecule has 2 aliphatic carbocycles. The van der Waals surface area contributed by atoms with Gasteiger partial charge < -0.3 is 9.88 Å². The molecule has 0 radical (unpaired) electrons. The number of hydrogen-bond donors (Lipinski definition) is 1. The van der Waals surface area contributed by atoms with Crippen molar-refractivity contribution in [3.63, 3.8) is 0 Å². The fourth-order valence-corrected chi connectivity index (χ4v) is 7.15. The van der Waals surface area contributed by atoms with Gasteiger partial charge in [-0.05, 0) is 85.7 Å². The maximum atomic E-state index is 14.1. The molecule has 1 saturated heterocycles. The first-order chi connectivity index (χ1) is 19.4. The third-order valence-electron chi connectivity index (χ3n) is 9.20. The lowest BCUT2D eigenvalue weighted by atomic mass is 9.58. The number of aryl methyl sites for hydroxylation is 1. The Kier molecular flexibility index (Phi) is 6.26. The first-order valence-electron chi connectivity index (χ1n) is 14.9. The van der Waals surface area contributed by atoms with E-state index in [-0.39, 0.29) is 11.0 Å². The molecule has 0 bridgehead atoms. The van der Waals surface area contributed by atoms with Gasteiger partial charge in [-0.25, -0.2) is 4.98 Å². The summed E-state index contributed by atoms with van der Waals surface area (Å²) in [5.41, 5.74) is 5.34. The molecule has 0 spiro atoms. The van der Waals surface area contributed by atoms with Crippen LogP contribution in [-0.2, 0) is 19.0 Å². The predicted molar refractivity (Wildman–Crippen MR) is 157 cm³/mol. The minimum absolute atomic E-state index is 0.0236. The molecule has 8 nitrogen and oxygen atoms in total. The number of anilines is 1. The number of aromatic nitrogens is 5. The zero-order chi connectivity index (χ0) is 27.4. The van der Waals surface area contributed by atoms with E-state index >= 15 is 0 Å². The highest BCUT2D eigenvalue weighted by Crippen LogP contribution is 2.51. The molecule has 8 heteroatoms. The van der Waals surface area contributed by atoms with E-state index in [1.807, 2.05) is 23.9 Å². The maximum Gasteiger partial charge on any atom is 0.265 e. The van der Waals surface area contributed by atoms with Gasteiger partial charge in [0.15, 0.2) is 5.65 Å². The normalized spacial score (nSPS) is 25.2. The van der Waals surface area contributed by atoms with Gasteiger partial charge in [0.05, 0.1) is 16.7 Å². The van der Waals surface area contributed by atoms with Crippen LogP contribution in [0, 0.1) is 11.8 Å². The van der Waals surface area contributed by atoms with Gasteiger partial charge in [-0.15, -0.1) is 10.2 Å². The number of nitrogens with zero attached hydrogens (tertiary/aromatic N) is 6. The summed E-state index contributed by atoms with van der Waals surface area (Å²) in [6.07, 6.45) is 12.5. The van der Waals surface area contributed by atoms with Crippen molar-refractivity contribution in [1.29, 1.82) is 0 Å². The average molecular weight is 538 g/mol. The molecule has 1 aliphatic heterocycles. The number of nitrogens with one attached hydrogen (secondary N) is 1. The van der Waals surface area contributed by atoms with E-state index in [2.05, 4.69) is 58.5 Å². The molecule has 4 heterocycles. The molecule has 208 valence electrons. The summed E-state index contributed by atoms with van der Waals surface area (Å²) in [6.45, 7) is 7.69. The second kappa shape index (κ2) is 9.84. The van der Waals surface area contributed by atoms with Crippen molar-refractivity contribution in [1.82, 2.24) is 29.0 Å². The van der Waals surface area contributed by atoms with E-state index in [1.165, 1.54) is 31.2 Å². The second-order valence-corrected chi connectivity index (χ2v) is 12.8. The molecule has 7 rings (SSSR count). The summed E-state index contributed by atoms with van der Waals surface area (Å²) < 4.78 is 3.81. The van der Waals surface area contributed by atoms with Crippen LogP contribution in [0.15, 0.2) is 53.8 Å². The van der Waals surface area contributed by atoms with E-state index in [4.69, 9.17) is 4.98 Å². The van der Waals surface area contributed by atoms with Crippen molar-refractivity contribution in [3.8, 4) is 11.1 Å². The lowest BCUT2D eigenvalue weighted by Crippen LogP contribution is -2.43. The summed E-state index contributed by atoms with van der Waals surface area (Å²) in [7, 11) is 2.01. The van der Waals surface area contributed by atoms with Crippen LogP contribution in [0.5, 0.6) is 0 Å². The summed E-state index contributed by atoms with van der Waals surface area (Å²) in [5, 5.41) is 12.3. The van der Waals surface area contributed by atoms with Crippen LogP contribution in [-0.4, -0.2) is 48.2 Å². The Morgan fingerprint density at radius 3 is 2.67 bits per heavy atom. The van der Waals surface area contributed by atoms with Crippen molar-refractivity contribution >= 4 is 11.3 Å². The molecule has 3 fully saturated rings. The Labute approximate surface area is 235 Å². The fraction of sp³-hybridized carbons (Fsp3) is 0.500. The Morgan fingerprint density at radius 2 is 1.95 bits per heavy atom. The molecule has 1 N–H and O–H groups in total. The number of piperidine rings is 1. The Bertz CT molecular complexity index is 1610. The minimum Gasteiger partial charge on any atom is -0.379 e. The van der Waals surface area contributed by atoms with E-state index in [0.29, 0.717) is 29.1 Å². The number of fused-ring (bicyclic) bond motifs is 1. The molecule has 1 aromatic carbocycles. The zero-order valence-corrected chi connectivity index (χ0v) is 23.8. The highest BCUT2D eigenvalue weighted by atomic mass is 16.1. The smallest absolute Gasteiger partial charge is 0.265 e. The summed E-state index contributed by atoms with van der Waals surface area (Å²) in [5.74, 6) is 2.32. The molecule has 3 aromatic heterocycles. The lowest BCUT2D eigenvalue weighted by molar-refractivity contribution is 0.176. The standard InChI is InChI=1S/C32H39N7O/c1-21-6-5-11-38(17-21)18-23-12-28(35-26-9-10-26)29-33-16-27(30(40)39(29)19-23)24-7-4-8-25(13-24)32(14-22(2)15-32)31-36-34-20-37(31)3/h4,7-8,12-13,16,19-22,26,35H,5-6,9-11,14-15,17-18H2,1-3H3/t21-,22?,32?/m0/s1. The van der Waals surface area contributed by atoms with Crippen LogP contribution in [0.3, 0.4) is 0 Å². The number of benzene rings is 1. The van der Waals surface area contributed by atoms with Gasteiger partial charge in [0.25, 0.3) is 5.56 Å². The van der Waals surface area contributed by atoms with E-state index < -0.39 is 0 Å². The Hall–Kier alpha value is -3.52. The van der Waals surface area contributed by atoms with Gasteiger partial charge in [0.1, 0.15) is 12.2 Å². The van der Waals surface area contributed by atoms with Crippen molar-refractivity contribution in [2.45, 2.75) is 70.4 Å². The van der Waals surface area contributed by atoms with E-state index in [9.17, 15) is 4.79 Å². The quantitative estimate of drug-likeness (QED) is 0.357. The topological polar surface area (TPSA) is 80.4 Å². The van der Waals surface area contributed by atoms with Gasteiger partial charge in [-0.2, -0.15) is 0 Å². The third-order valence-corrected chi connectivity index (χ3v) is 9.20. The summed E-state index contributed by atoms with van der Waals surface area (Å²) in [6, 6.07) is 11.1. The molecule has 40 heavy (non-hydrogen) atoms. The van der Waals surface area contributed by atoms with Gasteiger partial charge in [0.2, 0.25) is 0 Å². The first kappa shape index (κ1) is 25.4. The van der Waals surface area contributed by atoms with Crippen LogP contribution < -0.4 is 10.9 Å². The molecule has 0 unspecified atom stereocenters. The van der Waals surface area contributed by atoms with Gasteiger partial charge in [-0.1, -0.05) is 32.0 Å². The van der Waals surface area contributed by atoms with Crippen molar-refractivity contribution in [2.75, 3.05) is 18.4 Å². The van der Waals surface area contributed by atoms with Gasteiger partial charge in [0, 0.05) is 38.6 Å². The SMILES string of the molecule is CC1CC(c2cccc(-c3cnc4c(NC5CC5)cc(CN5CCC[C@H](C)C5)cn4c3=O)c2)(c2nncn2C)C1. The van der Waals surface area contributed by atoms with E-state index in [0.717, 1.165) is 55.1 Å². The highest BCUT2D eigenvalue weighted by Gasteiger charge is 2.48. The van der Waals surface area contributed by atoms with Gasteiger partial charge >= 0.3 is 0 Å². The van der Waals surface area contributed by atoms with Crippen LogP contribution in [0.2, 0.25) is 0 Å². The lowest BCUT2D eigenvalue weighted by Gasteiger charge is -2.46. The van der Waals surface area contributed by atoms with Crippen molar-refractivity contribution in [3.05, 3.63) is 76.4 Å². The Morgan fingerprint density at radius 1 is 1.10 bits per heavy atom. The monoisotopic (exact) mass is 537 g/mol. The highest BCUT2D eigenvalue weighted by molar-refractivity contribution is 5.72. The molecule has 1 atom stereocenters. The van der Waals surface area contributed by atoms with E-state index in [1.54, 1.807) is 16.9 Å². The molecule has 0 amide bonds. The second-order valence-electron chi connectivity index (χ2n) is 12.8. The van der Waals surface area contributed by atoms with Crippen LogP contribution in [0.25, 0.3) is 16.8 Å². The zero-order valence-electron chi connectivity index (χ0n) is 23.8. The molecular formula is C32H39N7O. The number of hydrogen-bond acceptors (Lipinski definition) is 6. The largest absolute Gasteiger partial charge is 0.379 e. The predicted octanol–water partition coefficient (Wildman–Crippen LogP) is 5.01. The Balaban J connectivity index is 1.29. The fourth-order valence-electron chi connectivity index (χ4n) is 7.15. The third kappa shape index (κ3) is 4.52. The maximum absolute atomic E-state index is 14.1. The first-order valence-corrected chi connectivity index (χ1v) is 14.9. The van der Waals surface area contributed by atoms with Crippen molar-refractivity contribution in [2.24, 2.45) is 18.9 Å². The molecule has 2 saturated carbocycles. The molecule has 3 aliphatic rings. The van der Waals surface area contributed by atoms with Crippen LogP contribution in [0.1, 0.15) is 69.3 Å². The summed E-state index contributed by atoms with van der Waals surface area (Å²) >= 11 is 0. The minimum atomic E-state index is -0.179. The molecule has 4 aromatic rings. The molecular weight excluding hydrogens is 498 g/mol. The van der Waals surface area contributed by atoms with Crippen LogP contribution >= 0.6 is 0 Å². The van der Waals surface area contributed by atoms with Crippen molar-refractivity contribution < 1.29 is 0 Å². The summed E-state index contributed by atoms with van der Waals surface area (Å²) in [4.78, 5) is 21.5. The average Bonchev–Trinajstić information content (AvgIpc) is 3.64. The number of pyridine rings is 1. The number of rotatable bonds is 7. The van der Waals surface area contributed by atoms with Crippen LogP contribution in [0.4, 0.5) is 5.69 Å².